The molecule has 1 radical (unpaired) electrons. The summed E-state index contributed by atoms with van der Waals surface area (Å²) in [6, 6.07) is 5.47. The molecule has 1 atom stereocenters. The Kier molecular flexibility index (Phi) is 6.06. The second kappa shape index (κ2) is 7.78. The van der Waals surface area contributed by atoms with Gasteiger partial charge in [0, 0.05) is 18.2 Å². The number of rotatable bonds is 7. The van der Waals surface area contributed by atoms with Crippen molar-refractivity contribution in [1.29, 1.82) is 0 Å². The van der Waals surface area contributed by atoms with E-state index < -0.39 is 17.0 Å². The lowest BCUT2D eigenvalue weighted by atomic mass is 10.0. The van der Waals surface area contributed by atoms with Crippen LogP contribution in [-0.4, -0.2) is 24.0 Å². The summed E-state index contributed by atoms with van der Waals surface area (Å²) in [5.74, 6) is -0.559. The largest absolute Gasteiger partial charge is 0.463 e. The van der Waals surface area contributed by atoms with E-state index in [0.29, 0.717) is 11.1 Å². The maximum atomic E-state index is 11.4. The molecule has 1 rings (SSSR count). The molecule has 0 spiro atoms. The first-order valence-electron chi connectivity index (χ1n) is 6.11. The number of nitro groups is 1. The average molecular weight is 292 g/mol. The van der Waals surface area contributed by atoms with Crippen LogP contribution in [0.3, 0.4) is 0 Å². The molecule has 0 bridgehead atoms. The van der Waals surface area contributed by atoms with Gasteiger partial charge in [0.15, 0.2) is 0 Å². The van der Waals surface area contributed by atoms with E-state index in [9.17, 15) is 19.7 Å². The summed E-state index contributed by atoms with van der Waals surface area (Å²) in [5, 5.41) is 10.6. The zero-order chi connectivity index (χ0) is 15.8. The van der Waals surface area contributed by atoms with Crippen molar-refractivity contribution < 1.29 is 24.0 Å². The van der Waals surface area contributed by atoms with E-state index in [1.54, 1.807) is 13.8 Å². The number of hydrogen-bond acceptors (Lipinski definition) is 6. The van der Waals surface area contributed by atoms with Crippen molar-refractivity contribution in [3.8, 4) is 0 Å². The lowest BCUT2D eigenvalue weighted by Gasteiger charge is -2.15. The molecule has 1 aromatic rings. The molecule has 1 aromatic carbocycles. The number of nitro benzene ring substituents is 1. The molecule has 0 aliphatic rings. The van der Waals surface area contributed by atoms with Gasteiger partial charge < -0.3 is 9.47 Å². The fraction of sp³-hybridized carbons (Fsp3) is 0.286. The fourth-order valence-electron chi connectivity index (χ4n) is 1.69. The summed E-state index contributed by atoms with van der Waals surface area (Å²) >= 11 is 0. The van der Waals surface area contributed by atoms with Crippen LogP contribution in [-0.2, 0) is 19.1 Å². The van der Waals surface area contributed by atoms with E-state index in [4.69, 9.17) is 9.47 Å². The molecular formula is C14H14NO6. The van der Waals surface area contributed by atoms with E-state index in [-0.39, 0.29) is 12.3 Å². The summed E-state index contributed by atoms with van der Waals surface area (Å²) in [6.07, 6.45) is 0.347. The van der Waals surface area contributed by atoms with Gasteiger partial charge in [-0.3, -0.25) is 10.1 Å². The Labute approximate surface area is 121 Å². The highest BCUT2D eigenvalue weighted by atomic mass is 16.6. The predicted octanol–water partition coefficient (Wildman–Crippen LogP) is 2.23. The molecule has 1 unspecified atom stereocenters. The van der Waals surface area contributed by atoms with Crippen molar-refractivity contribution in [1.82, 2.24) is 0 Å². The Hall–Kier alpha value is -2.70. The van der Waals surface area contributed by atoms with Gasteiger partial charge >= 0.3 is 12.4 Å². The van der Waals surface area contributed by atoms with E-state index in [2.05, 4.69) is 0 Å². The normalized spacial score (nSPS) is 12.4. The number of ether oxygens (including phenoxy) is 2. The highest BCUT2D eigenvalue weighted by Crippen LogP contribution is 2.26. The summed E-state index contributed by atoms with van der Waals surface area (Å²) in [5.41, 5.74) is 0.826. The Balaban J connectivity index is 3.02. The molecule has 0 saturated carbocycles. The van der Waals surface area contributed by atoms with Crippen LogP contribution in [0.25, 0.3) is 0 Å². The molecule has 0 aromatic heterocycles. The van der Waals surface area contributed by atoms with Crippen LogP contribution in [0.5, 0.6) is 0 Å². The minimum atomic E-state index is -0.854. The number of hydrogen-bond donors (Lipinski definition) is 0. The van der Waals surface area contributed by atoms with Crippen molar-refractivity contribution in [3.05, 3.63) is 51.6 Å². The first-order valence-corrected chi connectivity index (χ1v) is 6.11. The van der Waals surface area contributed by atoms with Crippen LogP contribution in [0, 0.1) is 10.1 Å². The van der Waals surface area contributed by atoms with Gasteiger partial charge in [0.25, 0.3) is 5.69 Å². The number of benzene rings is 1. The van der Waals surface area contributed by atoms with Crippen molar-refractivity contribution in [2.75, 3.05) is 6.61 Å². The third-order valence-corrected chi connectivity index (χ3v) is 2.62. The van der Waals surface area contributed by atoms with Crippen molar-refractivity contribution in [2.45, 2.75) is 20.0 Å². The second-order valence-electron chi connectivity index (χ2n) is 4.07. The van der Waals surface area contributed by atoms with Crippen LogP contribution >= 0.6 is 0 Å². The second-order valence-corrected chi connectivity index (χ2v) is 4.07. The lowest BCUT2D eigenvalue weighted by Crippen LogP contribution is -2.08. The van der Waals surface area contributed by atoms with Gasteiger partial charge in [0.1, 0.15) is 6.10 Å². The van der Waals surface area contributed by atoms with Crippen LogP contribution in [0.4, 0.5) is 5.69 Å². The van der Waals surface area contributed by atoms with Crippen molar-refractivity contribution in [3.63, 3.8) is 0 Å². The predicted molar refractivity (Wildman–Crippen MR) is 73.0 cm³/mol. The number of esters is 1. The van der Waals surface area contributed by atoms with Gasteiger partial charge in [-0.1, -0.05) is 0 Å². The molecule has 0 aliphatic heterocycles. The SMILES string of the molecule is CCOC(=O)C=C(C)C(O[C]=O)c1ccc([N+](=O)[O-])cc1. The van der Waals surface area contributed by atoms with Gasteiger partial charge in [-0.05, 0) is 37.1 Å². The molecule has 21 heavy (non-hydrogen) atoms. The van der Waals surface area contributed by atoms with E-state index in [1.165, 1.54) is 36.8 Å². The highest BCUT2D eigenvalue weighted by molar-refractivity contribution is 5.83. The Morgan fingerprint density at radius 3 is 2.52 bits per heavy atom. The maximum Gasteiger partial charge on any atom is 0.418 e. The summed E-state index contributed by atoms with van der Waals surface area (Å²) in [4.78, 5) is 31.9. The topological polar surface area (TPSA) is 95.7 Å². The number of nitrogens with zero attached hydrogens (tertiary/aromatic N) is 1. The van der Waals surface area contributed by atoms with Gasteiger partial charge in [0.05, 0.1) is 11.5 Å². The third-order valence-electron chi connectivity index (χ3n) is 2.62. The van der Waals surface area contributed by atoms with Crippen LogP contribution in [0.2, 0.25) is 0 Å². The lowest BCUT2D eigenvalue weighted by molar-refractivity contribution is -0.384. The average Bonchev–Trinajstić information content (AvgIpc) is 2.45. The molecule has 0 fully saturated rings. The van der Waals surface area contributed by atoms with Crippen LogP contribution in [0.15, 0.2) is 35.9 Å². The van der Waals surface area contributed by atoms with Crippen molar-refractivity contribution >= 4 is 18.1 Å². The minimum absolute atomic E-state index is 0.0837. The third kappa shape index (κ3) is 4.72. The molecule has 0 heterocycles. The molecule has 0 saturated heterocycles. The molecule has 7 heteroatoms. The molecular weight excluding hydrogens is 278 g/mol. The van der Waals surface area contributed by atoms with E-state index >= 15 is 0 Å². The first-order chi connectivity index (χ1) is 9.99. The molecule has 7 nitrogen and oxygen atoms in total. The van der Waals surface area contributed by atoms with Crippen LogP contribution in [0.1, 0.15) is 25.5 Å². The van der Waals surface area contributed by atoms with Crippen molar-refractivity contribution in [2.24, 2.45) is 0 Å². The van der Waals surface area contributed by atoms with Crippen LogP contribution < -0.4 is 0 Å². The monoisotopic (exact) mass is 292 g/mol. The van der Waals surface area contributed by atoms with Gasteiger partial charge in [-0.15, -0.1) is 0 Å². The minimum Gasteiger partial charge on any atom is -0.463 e. The molecule has 0 amide bonds. The Bertz CT molecular complexity index is 549. The Morgan fingerprint density at radius 1 is 1.43 bits per heavy atom. The van der Waals surface area contributed by atoms with Gasteiger partial charge in [-0.2, -0.15) is 0 Å². The summed E-state index contributed by atoms with van der Waals surface area (Å²) in [7, 11) is 0. The molecule has 0 aliphatic carbocycles. The summed E-state index contributed by atoms with van der Waals surface area (Å²) < 4.78 is 9.59. The zero-order valence-corrected chi connectivity index (χ0v) is 11.6. The smallest absolute Gasteiger partial charge is 0.418 e. The molecule has 111 valence electrons. The highest BCUT2D eigenvalue weighted by Gasteiger charge is 2.18. The number of carbonyl (C=O) groups is 1. The summed E-state index contributed by atoms with van der Waals surface area (Å²) in [6.45, 7) is 4.80. The Morgan fingerprint density at radius 2 is 2.05 bits per heavy atom. The maximum absolute atomic E-state index is 11.4. The standard InChI is InChI=1S/C14H14NO6/c1-3-20-13(17)8-10(2)14(21-9-16)11-4-6-12(7-5-11)15(18)19/h4-8,14H,3H2,1-2H3. The van der Waals surface area contributed by atoms with E-state index in [0.717, 1.165) is 0 Å². The van der Waals surface area contributed by atoms with E-state index in [1.807, 2.05) is 0 Å². The first kappa shape index (κ1) is 16.4. The molecule has 0 N–H and O–H groups in total. The zero-order valence-electron chi connectivity index (χ0n) is 11.6. The van der Waals surface area contributed by atoms with Gasteiger partial charge in [-0.25, -0.2) is 9.59 Å². The van der Waals surface area contributed by atoms with Gasteiger partial charge in [0.2, 0.25) is 0 Å². The fourth-order valence-corrected chi connectivity index (χ4v) is 1.69. The number of non-ortho nitro benzene ring substituents is 1. The quantitative estimate of drug-likeness (QED) is 0.331. The number of carbonyl (C=O) groups excluding carboxylic acids is 2.